The molecule has 1 amide bonds. The normalized spacial score (nSPS) is 23.2. The highest BCUT2D eigenvalue weighted by atomic mass is 19.1. The molecule has 1 saturated carbocycles. The number of hydrogen-bond acceptors (Lipinski definition) is 4. The van der Waals surface area contributed by atoms with Crippen molar-refractivity contribution in [3.63, 3.8) is 0 Å². The van der Waals surface area contributed by atoms with Crippen molar-refractivity contribution in [3.05, 3.63) is 39.7 Å². The van der Waals surface area contributed by atoms with E-state index in [9.17, 15) is 19.3 Å². The third-order valence-electron chi connectivity index (χ3n) is 4.17. The van der Waals surface area contributed by atoms with E-state index >= 15 is 0 Å². The summed E-state index contributed by atoms with van der Waals surface area (Å²) in [4.78, 5) is 21.8. The van der Waals surface area contributed by atoms with Crippen LogP contribution in [0.3, 0.4) is 0 Å². The summed E-state index contributed by atoms with van der Waals surface area (Å²) >= 11 is 0. The van der Waals surface area contributed by atoms with Crippen molar-refractivity contribution in [3.8, 4) is 0 Å². The quantitative estimate of drug-likeness (QED) is 0.682. The van der Waals surface area contributed by atoms with Gasteiger partial charge in [-0.25, -0.2) is 0 Å². The van der Waals surface area contributed by atoms with Crippen LogP contribution in [0, 0.1) is 21.3 Å². The van der Waals surface area contributed by atoms with Gasteiger partial charge in [-0.3, -0.25) is 14.9 Å². The Morgan fingerprint density at radius 2 is 2.19 bits per heavy atom. The minimum Gasteiger partial charge on any atom is -0.381 e. The van der Waals surface area contributed by atoms with Gasteiger partial charge in [-0.2, -0.15) is 4.39 Å². The molecule has 1 N–H and O–H groups in total. The average molecular weight is 296 g/mol. The standard InChI is InChI=1S/C14H17FN2O4/c1-14(2)11(7-12(14)21-3)16-13(18)8-4-5-10(17(19)20)9(15)6-8/h4-6,11-12H,7H2,1-3H3,(H,16,18). The second-order valence-electron chi connectivity index (χ2n) is 5.73. The molecule has 1 aromatic carbocycles. The lowest BCUT2D eigenvalue weighted by molar-refractivity contribution is -0.387. The Balaban J connectivity index is 2.08. The molecule has 0 heterocycles. The molecule has 1 aromatic rings. The summed E-state index contributed by atoms with van der Waals surface area (Å²) < 4.78 is 18.8. The smallest absolute Gasteiger partial charge is 0.304 e. The highest BCUT2D eigenvalue weighted by molar-refractivity contribution is 5.94. The minimum atomic E-state index is -1.02. The van der Waals surface area contributed by atoms with Gasteiger partial charge in [0.15, 0.2) is 0 Å². The maximum Gasteiger partial charge on any atom is 0.304 e. The number of hydrogen-bond donors (Lipinski definition) is 1. The van der Waals surface area contributed by atoms with Gasteiger partial charge < -0.3 is 10.1 Å². The molecule has 2 atom stereocenters. The molecule has 0 saturated heterocycles. The number of ether oxygens (including phenoxy) is 1. The van der Waals surface area contributed by atoms with Crippen molar-refractivity contribution in [1.29, 1.82) is 0 Å². The number of carbonyl (C=O) groups is 1. The molecule has 2 unspecified atom stereocenters. The fraction of sp³-hybridized carbons (Fsp3) is 0.500. The maximum atomic E-state index is 13.5. The van der Waals surface area contributed by atoms with E-state index in [4.69, 9.17) is 4.74 Å². The molecular formula is C14H17FN2O4. The Labute approximate surface area is 121 Å². The summed E-state index contributed by atoms with van der Waals surface area (Å²) in [6, 6.07) is 3.05. The molecule has 0 bridgehead atoms. The molecule has 7 heteroatoms. The van der Waals surface area contributed by atoms with E-state index in [2.05, 4.69) is 5.32 Å². The summed E-state index contributed by atoms with van der Waals surface area (Å²) in [5, 5.41) is 13.3. The molecule has 21 heavy (non-hydrogen) atoms. The third kappa shape index (κ3) is 2.73. The summed E-state index contributed by atoms with van der Waals surface area (Å²) in [6.07, 6.45) is 0.751. The molecule has 1 fully saturated rings. The van der Waals surface area contributed by atoms with Crippen molar-refractivity contribution < 1.29 is 18.8 Å². The minimum absolute atomic E-state index is 0.0646. The molecule has 114 valence electrons. The number of nitro benzene ring substituents is 1. The van der Waals surface area contributed by atoms with Crippen LogP contribution in [0.2, 0.25) is 0 Å². The first kappa shape index (κ1) is 15.4. The van der Waals surface area contributed by atoms with Gasteiger partial charge >= 0.3 is 5.69 Å². The first-order chi connectivity index (χ1) is 9.77. The van der Waals surface area contributed by atoms with Gasteiger partial charge in [-0.1, -0.05) is 13.8 Å². The number of benzene rings is 1. The third-order valence-corrected chi connectivity index (χ3v) is 4.17. The van der Waals surface area contributed by atoms with E-state index in [1.165, 1.54) is 6.07 Å². The van der Waals surface area contributed by atoms with Gasteiger partial charge in [0.2, 0.25) is 5.82 Å². The molecule has 0 radical (unpaired) electrons. The van der Waals surface area contributed by atoms with E-state index in [-0.39, 0.29) is 23.1 Å². The zero-order valence-corrected chi connectivity index (χ0v) is 12.1. The van der Waals surface area contributed by atoms with E-state index in [0.29, 0.717) is 6.42 Å². The Morgan fingerprint density at radius 1 is 1.52 bits per heavy atom. The SMILES string of the molecule is COC1CC(NC(=O)c2ccc([N+](=O)[O-])c(F)c2)C1(C)C. The Hall–Kier alpha value is -2.02. The highest BCUT2D eigenvalue weighted by Gasteiger charge is 2.49. The number of carbonyl (C=O) groups excluding carboxylic acids is 1. The predicted octanol–water partition coefficient (Wildman–Crippen LogP) is 2.28. The van der Waals surface area contributed by atoms with Crippen LogP contribution < -0.4 is 5.32 Å². The van der Waals surface area contributed by atoms with Gasteiger partial charge in [-0.15, -0.1) is 0 Å². The van der Waals surface area contributed by atoms with Crippen LogP contribution in [0.4, 0.5) is 10.1 Å². The van der Waals surface area contributed by atoms with E-state index in [0.717, 1.165) is 12.1 Å². The largest absolute Gasteiger partial charge is 0.381 e. The number of nitro groups is 1. The zero-order chi connectivity index (χ0) is 15.8. The van der Waals surface area contributed by atoms with Crippen LogP contribution in [0.5, 0.6) is 0 Å². The lowest BCUT2D eigenvalue weighted by atomic mass is 9.64. The summed E-state index contributed by atoms with van der Waals surface area (Å²) in [7, 11) is 1.62. The molecular weight excluding hydrogens is 279 g/mol. The highest BCUT2D eigenvalue weighted by Crippen LogP contribution is 2.42. The number of nitrogens with one attached hydrogen (secondary N) is 1. The second-order valence-corrected chi connectivity index (χ2v) is 5.73. The summed E-state index contributed by atoms with van der Waals surface area (Å²) in [5.41, 5.74) is -0.784. The fourth-order valence-corrected chi connectivity index (χ4v) is 2.57. The molecule has 1 aliphatic rings. The van der Waals surface area contributed by atoms with Gasteiger partial charge in [0.1, 0.15) is 0 Å². The van der Waals surface area contributed by atoms with E-state index in [1.54, 1.807) is 7.11 Å². The molecule has 2 rings (SSSR count). The van der Waals surface area contributed by atoms with Crippen molar-refractivity contribution in [2.24, 2.45) is 5.41 Å². The molecule has 0 spiro atoms. The van der Waals surface area contributed by atoms with Crippen molar-refractivity contribution in [2.75, 3.05) is 7.11 Å². The van der Waals surface area contributed by atoms with Gasteiger partial charge in [0.05, 0.1) is 11.0 Å². The van der Waals surface area contributed by atoms with Gasteiger partial charge in [-0.05, 0) is 18.6 Å². The molecule has 6 nitrogen and oxygen atoms in total. The lowest BCUT2D eigenvalue weighted by Gasteiger charge is -2.51. The number of amides is 1. The number of methoxy groups -OCH3 is 1. The fourth-order valence-electron chi connectivity index (χ4n) is 2.57. The first-order valence-corrected chi connectivity index (χ1v) is 6.55. The molecule has 0 aliphatic heterocycles. The Morgan fingerprint density at radius 3 is 2.67 bits per heavy atom. The lowest BCUT2D eigenvalue weighted by Crippen LogP contribution is -2.61. The van der Waals surface area contributed by atoms with Crippen molar-refractivity contribution in [2.45, 2.75) is 32.4 Å². The molecule has 0 aromatic heterocycles. The van der Waals surface area contributed by atoms with E-state index in [1.807, 2.05) is 13.8 Å². The van der Waals surface area contributed by atoms with Crippen LogP contribution in [-0.2, 0) is 4.74 Å². The van der Waals surface area contributed by atoms with Crippen LogP contribution in [0.25, 0.3) is 0 Å². The number of halogens is 1. The van der Waals surface area contributed by atoms with E-state index < -0.39 is 22.3 Å². The number of nitrogens with zero attached hydrogens (tertiary/aromatic N) is 1. The zero-order valence-electron chi connectivity index (χ0n) is 12.1. The van der Waals surface area contributed by atoms with Crippen molar-refractivity contribution in [1.82, 2.24) is 5.32 Å². The first-order valence-electron chi connectivity index (χ1n) is 6.55. The van der Waals surface area contributed by atoms with Crippen LogP contribution in [0.1, 0.15) is 30.6 Å². The average Bonchev–Trinajstić information content (AvgIpc) is 2.42. The van der Waals surface area contributed by atoms with Gasteiger partial charge in [0.25, 0.3) is 5.91 Å². The summed E-state index contributed by atoms with van der Waals surface area (Å²) in [6.45, 7) is 3.96. The van der Waals surface area contributed by atoms with Gasteiger partial charge in [0, 0.05) is 30.2 Å². The summed E-state index contributed by atoms with van der Waals surface area (Å²) in [5.74, 6) is -1.47. The predicted molar refractivity (Wildman–Crippen MR) is 73.5 cm³/mol. The topological polar surface area (TPSA) is 81.5 Å². The number of rotatable bonds is 4. The second kappa shape index (κ2) is 5.40. The maximum absolute atomic E-state index is 13.5. The monoisotopic (exact) mass is 296 g/mol. The van der Waals surface area contributed by atoms with Crippen LogP contribution in [-0.4, -0.2) is 30.1 Å². The van der Waals surface area contributed by atoms with Crippen molar-refractivity contribution >= 4 is 11.6 Å². The van der Waals surface area contributed by atoms with Crippen LogP contribution in [0.15, 0.2) is 18.2 Å². The molecule has 1 aliphatic carbocycles. The van der Waals surface area contributed by atoms with Crippen LogP contribution >= 0.6 is 0 Å². The Kier molecular flexibility index (Phi) is 3.95. The Bertz CT molecular complexity index is 588.